The highest BCUT2D eigenvalue weighted by Gasteiger charge is 2.33. The van der Waals surface area contributed by atoms with Gasteiger partial charge in [0.15, 0.2) is 0 Å². The third-order valence-electron chi connectivity index (χ3n) is 3.92. The monoisotopic (exact) mass is 250 g/mol. The molecule has 2 aliphatic heterocycles. The molecule has 2 aliphatic rings. The van der Waals surface area contributed by atoms with Crippen LogP contribution in [-0.2, 0) is 11.2 Å². The van der Waals surface area contributed by atoms with Crippen molar-refractivity contribution in [3.8, 4) is 0 Å². The summed E-state index contributed by atoms with van der Waals surface area (Å²) in [6.07, 6.45) is 3.15. The molecule has 1 amide bonds. The summed E-state index contributed by atoms with van der Waals surface area (Å²) in [5.41, 5.74) is 1.35. The van der Waals surface area contributed by atoms with Crippen LogP contribution in [0.2, 0.25) is 0 Å². The molecule has 3 rings (SSSR count). The van der Waals surface area contributed by atoms with Crippen molar-refractivity contribution in [3.05, 3.63) is 21.9 Å². The Kier molecular flexibility index (Phi) is 2.92. The number of nitrogens with one attached hydrogen (secondary N) is 1. The number of rotatable bonds is 1. The lowest BCUT2D eigenvalue weighted by Crippen LogP contribution is -2.47. The SMILES string of the molecule is CC1c2ccsc2CCN1C(=O)C1CCCN1. The van der Waals surface area contributed by atoms with Gasteiger partial charge in [0.25, 0.3) is 0 Å². The van der Waals surface area contributed by atoms with Crippen molar-refractivity contribution < 1.29 is 4.79 Å². The smallest absolute Gasteiger partial charge is 0.240 e. The van der Waals surface area contributed by atoms with E-state index in [1.165, 1.54) is 10.4 Å². The van der Waals surface area contributed by atoms with E-state index in [1.807, 2.05) is 11.3 Å². The normalized spacial score (nSPS) is 28.2. The van der Waals surface area contributed by atoms with Crippen LogP contribution < -0.4 is 5.32 Å². The van der Waals surface area contributed by atoms with Crippen LogP contribution in [0, 0.1) is 0 Å². The van der Waals surface area contributed by atoms with Crippen LogP contribution in [-0.4, -0.2) is 29.9 Å². The molecule has 3 heterocycles. The molecule has 0 radical (unpaired) electrons. The maximum Gasteiger partial charge on any atom is 0.240 e. The van der Waals surface area contributed by atoms with Crippen molar-refractivity contribution in [3.63, 3.8) is 0 Å². The van der Waals surface area contributed by atoms with Gasteiger partial charge in [-0.3, -0.25) is 4.79 Å². The summed E-state index contributed by atoms with van der Waals surface area (Å²) in [5, 5.41) is 5.45. The molecule has 92 valence electrons. The lowest BCUT2D eigenvalue weighted by molar-refractivity contribution is -0.135. The maximum absolute atomic E-state index is 12.4. The van der Waals surface area contributed by atoms with Crippen molar-refractivity contribution in [2.45, 2.75) is 38.3 Å². The summed E-state index contributed by atoms with van der Waals surface area (Å²) in [5.74, 6) is 0.298. The Balaban J connectivity index is 1.79. The van der Waals surface area contributed by atoms with E-state index in [-0.39, 0.29) is 12.1 Å². The highest BCUT2D eigenvalue weighted by molar-refractivity contribution is 7.10. The van der Waals surface area contributed by atoms with E-state index in [1.54, 1.807) is 0 Å². The summed E-state index contributed by atoms with van der Waals surface area (Å²) in [7, 11) is 0. The zero-order chi connectivity index (χ0) is 11.8. The Morgan fingerprint density at radius 2 is 2.47 bits per heavy atom. The topological polar surface area (TPSA) is 32.3 Å². The largest absolute Gasteiger partial charge is 0.334 e. The number of amides is 1. The van der Waals surface area contributed by atoms with Crippen LogP contribution in [0.15, 0.2) is 11.4 Å². The average Bonchev–Trinajstić information content (AvgIpc) is 3.00. The van der Waals surface area contributed by atoms with Gasteiger partial charge in [0.2, 0.25) is 5.91 Å². The molecule has 1 aromatic heterocycles. The summed E-state index contributed by atoms with van der Waals surface area (Å²) in [6, 6.07) is 2.49. The third-order valence-corrected chi connectivity index (χ3v) is 4.92. The molecule has 3 nitrogen and oxygen atoms in total. The molecule has 2 atom stereocenters. The fourth-order valence-electron chi connectivity index (χ4n) is 2.91. The van der Waals surface area contributed by atoms with Gasteiger partial charge in [-0.05, 0) is 49.7 Å². The van der Waals surface area contributed by atoms with Gasteiger partial charge in [0, 0.05) is 11.4 Å². The van der Waals surface area contributed by atoms with Crippen LogP contribution in [0.5, 0.6) is 0 Å². The van der Waals surface area contributed by atoms with Crippen LogP contribution >= 0.6 is 11.3 Å². The molecule has 0 bridgehead atoms. The van der Waals surface area contributed by atoms with E-state index in [9.17, 15) is 4.79 Å². The number of thiophene rings is 1. The first-order chi connectivity index (χ1) is 8.27. The highest BCUT2D eigenvalue weighted by Crippen LogP contribution is 2.33. The second-order valence-corrected chi connectivity index (χ2v) is 5.91. The van der Waals surface area contributed by atoms with Gasteiger partial charge < -0.3 is 10.2 Å². The molecule has 0 aromatic carbocycles. The quantitative estimate of drug-likeness (QED) is 0.826. The molecule has 1 fully saturated rings. The maximum atomic E-state index is 12.4. The van der Waals surface area contributed by atoms with Crippen LogP contribution in [0.25, 0.3) is 0 Å². The standard InChI is InChI=1S/C13H18N2OS/c1-9-10-5-8-17-12(10)4-7-15(9)13(16)11-3-2-6-14-11/h5,8-9,11,14H,2-4,6-7H2,1H3. The third kappa shape index (κ3) is 1.89. The summed E-state index contributed by atoms with van der Waals surface area (Å²) in [6.45, 7) is 4.02. The number of carbonyl (C=O) groups excluding carboxylic acids is 1. The van der Waals surface area contributed by atoms with Crippen LogP contribution in [0.3, 0.4) is 0 Å². The van der Waals surface area contributed by atoms with E-state index in [4.69, 9.17) is 0 Å². The predicted molar refractivity (Wildman–Crippen MR) is 69.2 cm³/mol. The molecule has 1 saturated heterocycles. The second-order valence-electron chi connectivity index (χ2n) is 4.91. The first kappa shape index (κ1) is 11.2. The number of nitrogens with zero attached hydrogens (tertiary/aromatic N) is 1. The Bertz CT molecular complexity index is 423. The number of hydrogen-bond donors (Lipinski definition) is 1. The highest BCUT2D eigenvalue weighted by atomic mass is 32.1. The van der Waals surface area contributed by atoms with Gasteiger partial charge in [-0.2, -0.15) is 0 Å². The summed E-state index contributed by atoms with van der Waals surface area (Å²) in [4.78, 5) is 15.9. The molecular formula is C13H18N2OS. The van der Waals surface area contributed by atoms with Crippen molar-refractivity contribution >= 4 is 17.2 Å². The van der Waals surface area contributed by atoms with E-state index in [2.05, 4.69) is 28.6 Å². The Morgan fingerprint density at radius 3 is 3.24 bits per heavy atom. The molecule has 4 heteroatoms. The lowest BCUT2D eigenvalue weighted by Gasteiger charge is -2.35. The first-order valence-electron chi connectivity index (χ1n) is 6.37. The van der Waals surface area contributed by atoms with Gasteiger partial charge in [0.1, 0.15) is 0 Å². The van der Waals surface area contributed by atoms with Crippen molar-refractivity contribution in [2.75, 3.05) is 13.1 Å². The zero-order valence-electron chi connectivity index (χ0n) is 10.1. The van der Waals surface area contributed by atoms with Gasteiger partial charge in [-0.1, -0.05) is 0 Å². The average molecular weight is 250 g/mol. The van der Waals surface area contributed by atoms with Crippen molar-refractivity contribution in [1.29, 1.82) is 0 Å². The Labute approximate surface area is 106 Å². The molecule has 17 heavy (non-hydrogen) atoms. The fourth-order valence-corrected chi connectivity index (χ4v) is 3.87. The first-order valence-corrected chi connectivity index (χ1v) is 7.25. The Morgan fingerprint density at radius 1 is 1.59 bits per heavy atom. The minimum absolute atomic E-state index is 0.0673. The molecule has 1 N–H and O–H groups in total. The minimum atomic E-state index is 0.0673. The van der Waals surface area contributed by atoms with Gasteiger partial charge >= 0.3 is 0 Å². The van der Waals surface area contributed by atoms with Gasteiger partial charge in [-0.25, -0.2) is 0 Å². The number of fused-ring (bicyclic) bond motifs is 1. The fraction of sp³-hybridized carbons (Fsp3) is 0.615. The van der Waals surface area contributed by atoms with Crippen molar-refractivity contribution in [1.82, 2.24) is 10.2 Å². The van der Waals surface area contributed by atoms with E-state index in [0.717, 1.165) is 32.4 Å². The number of hydrogen-bond acceptors (Lipinski definition) is 3. The number of carbonyl (C=O) groups is 1. The second kappa shape index (κ2) is 4.42. The zero-order valence-corrected chi connectivity index (χ0v) is 10.9. The Hall–Kier alpha value is -0.870. The van der Waals surface area contributed by atoms with Crippen LogP contribution in [0.1, 0.15) is 36.2 Å². The molecule has 0 saturated carbocycles. The minimum Gasteiger partial charge on any atom is -0.334 e. The molecule has 1 aromatic rings. The molecule has 2 unspecified atom stereocenters. The molecule has 0 spiro atoms. The van der Waals surface area contributed by atoms with Crippen molar-refractivity contribution in [2.24, 2.45) is 0 Å². The van der Waals surface area contributed by atoms with E-state index < -0.39 is 0 Å². The van der Waals surface area contributed by atoms with E-state index in [0.29, 0.717) is 5.91 Å². The predicted octanol–water partition coefficient (Wildman–Crippen LogP) is 1.95. The molecule has 0 aliphatic carbocycles. The molecular weight excluding hydrogens is 232 g/mol. The summed E-state index contributed by atoms with van der Waals surface area (Å²) >= 11 is 1.82. The van der Waals surface area contributed by atoms with E-state index >= 15 is 0 Å². The lowest BCUT2D eigenvalue weighted by atomic mass is 10.0. The summed E-state index contributed by atoms with van der Waals surface area (Å²) < 4.78 is 0. The van der Waals surface area contributed by atoms with Gasteiger partial charge in [0.05, 0.1) is 12.1 Å². The van der Waals surface area contributed by atoms with Crippen LogP contribution in [0.4, 0.5) is 0 Å². The van der Waals surface area contributed by atoms with Gasteiger partial charge in [-0.15, -0.1) is 11.3 Å².